The summed E-state index contributed by atoms with van der Waals surface area (Å²) in [7, 11) is 0. The second-order valence-corrected chi connectivity index (χ2v) is 5.69. The highest BCUT2D eigenvalue weighted by Gasteiger charge is 2.27. The molecule has 0 saturated heterocycles. The molecule has 1 aromatic heterocycles. The molecule has 2 N–H and O–H groups in total. The minimum absolute atomic E-state index is 0.161. The van der Waals surface area contributed by atoms with E-state index in [9.17, 15) is 4.79 Å². The molecule has 0 aliphatic heterocycles. The van der Waals surface area contributed by atoms with Gasteiger partial charge in [-0.15, -0.1) is 0 Å². The van der Waals surface area contributed by atoms with Gasteiger partial charge in [-0.1, -0.05) is 18.6 Å². The third-order valence-electron chi connectivity index (χ3n) is 4.11. The zero-order chi connectivity index (χ0) is 14.8. The van der Waals surface area contributed by atoms with E-state index in [1.807, 2.05) is 31.2 Å². The smallest absolute Gasteiger partial charge is 0.306 e. The number of aryl methyl sites for hydroxylation is 1. The lowest BCUT2D eigenvalue weighted by Gasteiger charge is -2.28. The van der Waals surface area contributed by atoms with Crippen molar-refractivity contribution in [1.29, 1.82) is 0 Å². The summed E-state index contributed by atoms with van der Waals surface area (Å²) < 4.78 is 0. The summed E-state index contributed by atoms with van der Waals surface area (Å²) >= 11 is 0. The van der Waals surface area contributed by atoms with Crippen LogP contribution in [0.5, 0.6) is 0 Å². The number of rotatable bonds is 3. The SMILES string of the molecule is Cc1nc2ccccc2nc1NC1CCCC(C(=O)O)C1. The molecule has 1 aliphatic carbocycles. The van der Waals surface area contributed by atoms with E-state index in [1.54, 1.807) is 0 Å². The van der Waals surface area contributed by atoms with Crippen LogP contribution in [0.4, 0.5) is 5.82 Å². The Morgan fingerprint density at radius 1 is 1.24 bits per heavy atom. The topological polar surface area (TPSA) is 75.1 Å². The third-order valence-corrected chi connectivity index (χ3v) is 4.11. The third kappa shape index (κ3) is 2.96. The normalized spacial score (nSPS) is 22.1. The van der Waals surface area contributed by atoms with Gasteiger partial charge in [0.05, 0.1) is 22.6 Å². The van der Waals surface area contributed by atoms with Gasteiger partial charge in [0.1, 0.15) is 5.82 Å². The summed E-state index contributed by atoms with van der Waals surface area (Å²) in [5, 5.41) is 12.6. The molecule has 0 radical (unpaired) electrons. The quantitative estimate of drug-likeness (QED) is 0.906. The van der Waals surface area contributed by atoms with Crippen molar-refractivity contribution in [2.24, 2.45) is 5.92 Å². The lowest BCUT2D eigenvalue weighted by molar-refractivity contribution is -0.142. The van der Waals surface area contributed by atoms with Gasteiger partial charge in [-0.25, -0.2) is 9.97 Å². The van der Waals surface area contributed by atoms with Crippen LogP contribution in [0.2, 0.25) is 0 Å². The lowest BCUT2D eigenvalue weighted by atomic mass is 9.86. The van der Waals surface area contributed by atoms with E-state index in [1.165, 1.54) is 0 Å². The molecule has 5 heteroatoms. The van der Waals surface area contributed by atoms with Crippen LogP contribution >= 0.6 is 0 Å². The minimum atomic E-state index is -0.692. The molecule has 1 heterocycles. The van der Waals surface area contributed by atoms with Gasteiger partial charge in [0.15, 0.2) is 0 Å². The number of hydrogen-bond acceptors (Lipinski definition) is 4. The Labute approximate surface area is 123 Å². The van der Waals surface area contributed by atoms with Crippen molar-refractivity contribution in [3.8, 4) is 0 Å². The molecule has 2 unspecified atom stereocenters. The van der Waals surface area contributed by atoms with Crippen molar-refractivity contribution < 1.29 is 9.90 Å². The number of hydrogen-bond donors (Lipinski definition) is 2. The van der Waals surface area contributed by atoms with E-state index in [4.69, 9.17) is 5.11 Å². The Bertz CT molecular complexity index is 672. The molecule has 21 heavy (non-hydrogen) atoms. The van der Waals surface area contributed by atoms with Crippen LogP contribution in [0, 0.1) is 12.8 Å². The average molecular weight is 285 g/mol. The molecule has 0 amide bonds. The van der Waals surface area contributed by atoms with E-state index in [-0.39, 0.29) is 12.0 Å². The molecular formula is C16H19N3O2. The minimum Gasteiger partial charge on any atom is -0.481 e. The zero-order valence-electron chi connectivity index (χ0n) is 12.0. The van der Waals surface area contributed by atoms with E-state index < -0.39 is 5.97 Å². The van der Waals surface area contributed by atoms with Crippen molar-refractivity contribution in [3.05, 3.63) is 30.0 Å². The Morgan fingerprint density at radius 3 is 2.67 bits per heavy atom. The number of carbonyl (C=O) groups is 1. The summed E-state index contributed by atoms with van der Waals surface area (Å²) in [6.45, 7) is 1.93. The maximum Gasteiger partial charge on any atom is 0.306 e. The Morgan fingerprint density at radius 2 is 1.95 bits per heavy atom. The van der Waals surface area contributed by atoms with Crippen molar-refractivity contribution in [1.82, 2.24) is 9.97 Å². The molecule has 2 aromatic rings. The Balaban J connectivity index is 1.81. The van der Waals surface area contributed by atoms with Crippen LogP contribution in [0.3, 0.4) is 0 Å². The van der Waals surface area contributed by atoms with Crippen LogP contribution in [0.1, 0.15) is 31.4 Å². The molecule has 1 saturated carbocycles. The summed E-state index contributed by atoms with van der Waals surface area (Å²) in [4.78, 5) is 20.3. The zero-order valence-corrected chi connectivity index (χ0v) is 12.0. The lowest BCUT2D eigenvalue weighted by Crippen LogP contribution is -2.31. The van der Waals surface area contributed by atoms with Gasteiger partial charge >= 0.3 is 5.97 Å². The highest BCUT2D eigenvalue weighted by molar-refractivity contribution is 5.76. The van der Waals surface area contributed by atoms with Crippen LogP contribution in [-0.2, 0) is 4.79 Å². The summed E-state index contributed by atoms with van der Waals surface area (Å²) in [5.74, 6) is -0.169. The van der Waals surface area contributed by atoms with Gasteiger partial charge < -0.3 is 10.4 Å². The number of anilines is 1. The van der Waals surface area contributed by atoms with Crippen molar-refractivity contribution in [2.75, 3.05) is 5.32 Å². The Kier molecular flexibility index (Phi) is 3.73. The fourth-order valence-electron chi connectivity index (χ4n) is 2.96. The largest absolute Gasteiger partial charge is 0.481 e. The van der Waals surface area contributed by atoms with E-state index in [0.717, 1.165) is 41.8 Å². The van der Waals surface area contributed by atoms with Crippen molar-refractivity contribution in [3.63, 3.8) is 0 Å². The van der Waals surface area contributed by atoms with Gasteiger partial charge in [-0.3, -0.25) is 4.79 Å². The number of fused-ring (bicyclic) bond motifs is 1. The second kappa shape index (κ2) is 5.68. The van der Waals surface area contributed by atoms with E-state index in [0.29, 0.717) is 6.42 Å². The van der Waals surface area contributed by atoms with Gasteiger partial charge in [0.2, 0.25) is 0 Å². The van der Waals surface area contributed by atoms with Crippen LogP contribution in [0.25, 0.3) is 11.0 Å². The number of benzene rings is 1. The molecule has 5 nitrogen and oxygen atoms in total. The molecule has 0 spiro atoms. The van der Waals surface area contributed by atoms with Crippen molar-refractivity contribution in [2.45, 2.75) is 38.6 Å². The highest BCUT2D eigenvalue weighted by Crippen LogP contribution is 2.27. The first-order valence-corrected chi connectivity index (χ1v) is 7.36. The maximum atomic E-state index is 11.1. The standard InChI is InChI=1S/C16H19N3O2/c1-10-15(19-14-8-3-2-7-13(14)17-10)18-12-6-4-5-11(9-12)16(20)21/h2-3,7-8,11-12H,4-6,9H2,1H3,(H,18,19)(H,20,21). The molecule has 3 rings (SSSR count). The number of aliphatic carboxylic acids is 1. The van der Waals surface area contributed by atoms with Gasteiger partial charge in [-0.2, -0.15) is 0 Å². The molecule has 1 aliphatic rings. The maximum absolute atomic E-state index is 11.1. The number of aromatic nitrogens is 2. The first-order chi connectivity index (χ1) is 10.1. The first kappa shape index (κ1) is 13.8. The molecule has 1 fully saturated rings. The summed E-state index contributed by atoms with van der Waals surface area (Å²) in [5.41, 5.74) is 2.59. The number of carboxylic acid groups (broad SMARTS) is 1. The number of carboxylic acids is 1. The number of nitrogens with one attached hydrogen (secondary N) is 1. The summed E-state index contributed by atoms with van der Waals surface area (Å²) in [6, 6.07) is 7.93. The van der Waals surface area contributed by atoms with Crippen LogP contribution < -0.4 is 5.32 Å². The fourth-order valence-corrected chi connectivity index (χ4v) is 2.96. The van der Waals surface area contributed by atoms with Gasteiger partial charge in [0.25, 0.3) is 0 Å². The fraction of sp³-hybridized carbons (Fsp3) is 0.438. The monoisotopic (exact) mass is 285 g/mol. The number of para-hydroxylation sites is 2. The van der Waals surface area contributed by atoms with Gasteiger partial charge in [0, 0.05) is 6.04 Å². The number of nitrogens with zero attached hydrogens (tertiary/aromatic N) is 2. The predicted octanol–water partition coefficient (Wildman–Crippen LogP) is 2.99. The second-order valence-electron chi connectivity index (χ2n) is 5.69. The molecular weight excluding hydrogens is 266 g/mol. The molecule has 2 atom stereocenters. The highest BCUT2D eigenvalue weighted by atomic mass is 16.4. The van der Waals surface area contributed by atoms with Crippen LogP contribution in [0.15, 0.2) is 24.3 Å². The van der Waals surface area contributed by atoms with E-state index >= 15 is 0 Å². The van der Waals surface area contributed by atoms with Crippen molar-refractivity contribution >= 4 is 22.8 Å². The molecule has 110 valence electrons. The van der Waals surface area contributed by atoms with Crippen LogP contribution in [-0.4, -0.2) is 27.1 Å². The Hall–Kier alpha value is -2.17. The van der Waals surface area contributed by atoms with E-state index in [2.05, 4.69) is 15.3 Å². The summed E-state index contributed by atoms with van der Waals surface area (Å²) in [6.07, 6.45) is 3.35. The molecule has 1 aromatic carbocycles. The van der Waals surface area contributed by atoms with Gasteiger partial charge in [-0.05, 0) is 38.3 Å². The average Bonchev–Trinajstić information content (AvgIpc) is 2.48. The first-order valence-electron chi connectivity index (χ1n) is 7.36. The molecule has 0 bridgehead atoms. The predicted molar refractivity (Wildman–Crippen MR) is 81.3 cm³/mol.